The minimum Gasteiger partial charge on any atom is -0.334 e. The minimum atomic E-state index is -0.208. The van der Waals surface area contributed by atoms with Gasteiger partial charge in [0.1, 0.15) is 5.70 Å². The highest BCUT2D eigenvalue weighted by Gasteiger charge is 2.27. The second-order valence-corrected chi connectivity index (χ2v) is 9.69. The van der Waals surface area contributed by atoms with E-state index in [9.17, 15) is 9.59 Å². The highest BCUT2D eigenvalue weighted by Crippen LogP contribution is 2.33. The molecular weight excluding hydrogens is 428 g/mol. The number of carbonyl (C=O) groups excluding carboxylic acids is 2. The summed E-state index contributed by atoms with van der Waals surface area (Å²) in [5, 5.41) is 5.78. The number of hydrogen-bond donors (Lipinski definition) is 2. The lowest BCUT2D eigenvalue weighted by molar-refractivity contribution is -0.115. The van der Waals surface area contributed by atoms with Gasteiger partial charge in [0.2, 0.25) is 0 Å². The van der Waals surface area contributed by atoms with Crippen molar-refractivity contribution in [3.63, 3.8) is 0 Å². The Morgan fingerprint density at radius 3 is 2.68 bits per heavy atom. The number of benzene rings is 1. The zero-order valence-electron chi connectivity index (χ0n) is 17.1. The largest absolute Gasteiger partial charge is 0.334 e. The quantitative estimate of drug-likeness (QED) is 0.521. The first-order chi connectivity index (χ1) is 15.1. The average molecular weight is 453 g/mol. The van der Waals surface area contributed by atoms with Gasteiger partial charge >= 0.3 is 0 Å². The van der Waals surface area contributed by atoms with Gasteiger partial charge in [-0.25, -0.2) is 0 Å². The Labute approximate surface area is 190 Å². The smallest absolute Gasteiger partial charge is 0.273 e. The summed E-state index contributed by atoms with van der Waals surface area (Å²) in [6, 6.07) is 10.1. The summed E-state index contributed by atoms with van der Waals surface area (Å²) >= 11 is 6.58. The molecule has 0 radical (unpaired) electrons. The Kier molecular flexibility index (Phi) is 5.60. The predicted molar refractivity (Wildman–Crippen MR) is 127 cm³/mol. The van der Waals surface area contributed by atoms with Crippen molar-refractivity contribution in [3.05, 3.63) is 52.0 Å². The Morgan fingerprint density at radius 2 is 1.90 bits per heavy atom. The van der Waals surface area contributed by atoms with E-state index < -0.39 is 0 Å². The summed E-state index contributed by atoms with van der Waals surface area (Å²) in [7, 11) is 0. The average Bonchev–Trinajstić information content (AvgIpc) is 3.53. The van der Waals surface area contributed by atoms with E-state index in [1.807, 2.05) is 29.2 Å². The maximum absolute atomic E-state index is 12.8. The van der Waals surface area contributed by atoms with Crippen LogP contribution in [0.1, 0.15) is 40.1 Å². The molecule has 8 heteroatoms. The highest BCUT2D eigenvalue weighted by atomic mass is 32.1. The number of thiocarbonyl (C=S) groups is 1. The van der Waals surface area contributed by atoms with Crippen LogP contribution in [0.15, 0.2) is 36.0 Å². The zero-order chi connectivity index (χ0) is 21.4. The third-order valence-electron chi connectivity index (χ3n) is 6.00. The molecule has 2 N–H and O–H groups in total. The van der Waals surface area contributed by atoms with Gasteiger partial charge in [0, 0.05) is 28.4 Å². The van der Waals surface area contributed by atoms with Crippen LogP contribution in [0.25, 0.3) is 16.5 Å². The van der Waals surface area contributed by atoms with Crippen molar-refractivity contribution >= 4 is 46.6 Å². The molecule has 0 saturated carbocycles. The predicted octanol–water partition coefficient (Wildman–Crippen LogP) is 3.20. The van der Waals surface area contributed by atoms with Crippen molar-refractivity contribution in [1.29, 1.82) is 0 Å². The molecule has 0 bridgehead atoms. The molecule has 0 unspecified atom stereocenters. The number of amides is 2. The lowest BCUT2D eigenvalue weighted by Crippen LogP contribution is -2.29. The van der Waals surface area contributed by atoms with Gasteiger partial charge < -0.3 is 15.1 Å². The van der Waals surface area contributed by atoms with Crippen LogP contribution in [0.4, 0.5) is 0 Å². The number of carbonyl (C=O) groups is 2. The van der Waals surface area contributed by atoms with Crippen molar-refractivity contribution < 1.29 is 9.59 Å². The molecule has 1 aromatic heterocycles. The van der Waals surface area contributed by atoms with E-state index in [4.69, 9.17) is 12.2 Å². The van der Waals surface area contributed by atoms with Gasteiger partial charge in [0.05, 0.1) is 0 Å². The van der Waals surface area contributed by atoms with Gasteiger partial charge in [0.25, 0.3) is 11.8 Å². The number of hydrogen-bond acceptors (Lipinski definition) is 5. The zero-order valence-corrected chi connectivity index (χ0v) is 18.8. The second-order valence-electron chi connectivity index (χ2n) is 8.17. The minimum absolute atomic E-state index is 0.147. The summed E-state index contributed by atoms with van der Waals surface area (Å²) in [6.45, 7) is 4.98. The maximum atomic E-state index is 12.8. The Hall–Kier alpha value is -2.55. The number of nitrogens with zero attached hydrogens (tertiary/aromatic N) is 2. The van der Waals surface area contributed by atoms with E-state index in [1.165, 1.54) is 25.9 Å². The Morgan fingerprint density at radius 1 is 1.06 bits per heavy atom. The van der Waals surface area contributed by atoms with E-state index >= 15 is 0 Å². The topological polar surface area (TPSA) is 64.7 Å². The molecule has 3 aliphatic heterocycles. The number of thiophene rings is 1. The van der Waals surface area contributed by atoms with Gasteiger partial charge in [-0.15, -0.1) is 11.3 Å². The molecule has 3 aliphatic rings. The lowest BCUT2D eigenvalue weighted by Gasteiger charge is -2.19. The normalized spacial score (nSPS) is 19.9. The van der Waals surface area contributed by atoms with Crippen LogP contribution in [0.2, 0.25) is 0 Å². The van der Waals surface area contributed by atoms with Crippen LogP contribution in [0.3, 0.4) is 0 Å². The first-order valence-electron chi connectivity index (χ1n) is 10.7. The number of rotatable bonds is 6. The number of likely N-dealkylation sites (tertiary alicyclic amines) is 1. The molecule has 5 rings (SSSR count). The van der Waals surface area contributed by atoms with Crippen molar-refractivity contribution in [2.24, 2.45) is 0 Å². The summed E-state index contributed by atoms with van der Waals surface area (Å²) in [5.74, 6) is -0.0605. The van der Waals surface area contributed by atoms with Crippen molar-refractivity contribution in [2.45, 2.75) is 25.8 Å². The van der Waals surface area contributed by atoms with Crippen molar-refractivity contribution in [3.8, 4) is 10.4 Å². The molecule has 1 aromatic carbocycles. The van der Waals surface area contributed by atoms with Gasteiger partial charge in [-0.2, -0.15) is 0 Å². The molecule has 31 heavy (non-hydrogen) atoms. The van der Waals surface area contributed by atoms with Crippen LogP contribution < -0.4 is 10.6 Å². The van der Waals surface area contributed by atoms with Gasteiger partial charge in [-0.3, -0.25) is 14.9 Å². The summed E-state index contributed by atoms with van der Waals surface area (Å²) in [6.07, 6.45) is 5.44. The van der Waals surface area contributed by atoms with Crippen molar-refractivity contribution in [2.75, 3.05) is 26.2 Å². The third kappa shape index (κ3) is 4.28. The fourth-order valence-electron chi connectivity index (χ4n) is 4.42. The first kappa shape index (κ1) is 20.4. The molecule has 0 atom stereocenters. The van der Waals surface area contributed by atoms with Crippen LogP contribution in [0.5, 0.6) is 0 Å². The summed E-state index contributed by atoms with van der Waals surface area (Å²) in [5.41, 5.74) is 3.48. The number of nitrogens with one attached hydrogen (secondary N) is 2. The van der Waals surface area contributed by atoms with Gasteiger partial charge in [0.15, 0.2) is 5.11 Å². The fraction of sp³-hybridized carbons (Fsp3) is 0.348. The molecule has 0 spiro atoms. The highest BCUT2D eigenvalue weighted by molar-refractivity contribution is 7.80. The second kappa shape index (κ2) is 8.53. The lowest BCUT2D eigenvalue weighted by atomic mass is 10.1. The van der Waals surface area contributed by atoms with E-state index in [2.05, 4.69) is 27.7 Å². The molecular formula is C23H24N4O2S2. The van der Waals surface area contributed by atoms with Crippen LogP contribution >= 0.6 is 23.6 Å². The van der Waals surface area contributed by atoms with E-state index in [1.54, 1.807) is 11.3 Å². The SMILES string of the molecule is O=C1NC(=S)N/C1=C\c1ccc(-c2ccc3c(c2)CN(CCCN2CCCC2)C3=O)s1. The van der Waals surface area contributed by atoms with E-state index in [-0.39, 0.29) is 11.8 Å². The van der Waals surface area contributed by atoms with E-state index in [0.29, 0.717) is 17.4 Å². The molecule has 0 aliphatic carbocycles. The monoisotopic (exact) mass is 452 g/mol. The molecule has 2 saturated heterocycles. The molecule has 160 valence electrons. The van der Waals surface area contributed by atoms with E-state index in [0.717, 1.165) is 46.0 Å². The summed E-state index contributed by atoms with van der Waals surface area (Å²) in [4.78, 5) is 31.2. The number of fused-ring (bicyclic) bond motifs is 1. The van der Waals surface area contributed by atoms with Crippen LogP contribution in [-0.4, -0.2) is 52.9 Å². The third-order valence-corrected chi connectivity index (χ3v) is 7.29. The van der Waals surface area contributed by atoms with Gasteiger partial charge in [-0.1, -0.05) is 6.07 Å². The fourth-order valence-corrected chi connectivity index (χ4v) is 5.57. The Bertz CT molecular complexity index is 1080. The molecule has 2 aromatic rings. The van der Waals surface area contributed by atoms with Gasteiger partial charge in [-0.05, 0) is 92.6 Å². The first-order valence-corrected chi connectivity index (χ1v) is 11.9. The van der Waals surface area contributed by atoms with Crippen LogP contribution in [-0.2, 0) is 11.3 Å². The molecule has 4 heterocycles. The molecule has 6 nitrogen and oxygen atoms in total. The maximum Gasteiger partial charge on any atom is 0.273 e. The Balaban J connectivity index is 1.26. The standard InChI is InChI=1S/C23H24N4O2S2/c28-21-19(24-23(30)25-21)13-17-5-7-20(31-17)15-4-6-18-16(12-15)14-27(22(18)29)11-3-10-26-8-1-2-9-26/h4-7,12-13H,1-3,8-11,14H2,(H2,24,25,28,30)/b19-13-. The summed E-state index contributed by atoms with van der Waals surface area (Å²) < 4.78 is 0. The van der Waals surface area contributed by atoms with Crippen molar-refractivity contribution in [1.82, 2.24) is 20.4 Å². The van der Waals surface area contributed by atoms with Crippen LogP contribution in [0, 0.1) is 0 Å². The molecule has 2 amide bonds. The molecule has 2 fully saturated rings.